The molecule has 0 atom stereocenters. The predicted molar refractivity (Wildman–Crippen MR) is 72.7 cm³/mol. The summed E-state index contributed by atoms with van der Waals surface area (Å²) < 4.78 is 0. The Hall–Kier alpha value is -0.590. The molecule has 1 aromatic rings. The fourth-order valence-corrected chi connectivity index (χ4v) is 3.31. The SMILES string of the molecule is CCSCc1ncc(C(=O)N2CCNCC2)s1. The third-order valence-electron chi connectivity index (χ3n) is 2.60. The summed E-state index contributed by atoms with van der Waals surface area (Å²) >= 11 is 3.37. The summed E-state index contributed by atoms with van der Waals surface area (Å²) in [5, 5.41) is 4.30. The van der Waals surface area contributed by atoms with E-state index < -0.39 is 0 Å². The van der Waals surface area contributed by atoms with Gasteiger partial charge in [-0.05, 0) is 5.75 Å². The summed E-state index contributed by atoms with van der Waals surface area (Å²) in [5.41, 5.74) is 0. The lowest BCUT2D eigenvalue weighted by molar-refractivity contribution is 0.0740. The van der Waals surface area contributed by atoms with E-state index in [4.69, 9.17) is 0 Å². The highest BCUT2D eigenvalue weighted by molar-refractivity contribution is 7.98. The van der Waals surface area contributed by atoms with Crippen LogP contribution in [0, 0.1) is 0 Å². The van der Waals surface area contributed by atoms with E-state index in [1.165, 1.54) is 11.3 Å². The Morgan fingerprint density at radius 1 is 1.59 bits per heavy atom. The number of nitrogens with one attached hydrogen (secondary N) is 1. The number of thiazole rings is 1. The van der Waals surface area contributed by atoms with Crippen molar-refractivity contribution in [2.75, 3.05) is 31.9 Å². The van der Waals surface area contributed by atoms with Crippen LogP contribution < -0.4 is 5.32 Å². The number of hydrogen-bond donors (Lipinski definition) is 1. The van der Waals surface area contributed by atoms with Crippen molar-refractivity contribution in [2.45, 2.75) is 12.7 Å². The lowest BCUT2D eigenvalue weighted by Gasteiger charge is -2.26. The largest absolute Gasteiger partial charge is 0.335 e. The van der Waals surface area contributed by atoms with E-state index in [1.54, 1.807) is 6.20 Å². The molecule has 0 radical (unpaired) electrons. The van der Waals surface area contributed by atoms with E-state index in [0.717, 1.165) is 47.6 Å². The summed E-state index contributed by atoms with van der Waals surface area (Å²) in [6, 6.07) is 0. The van der Waals surface area contributed by atoms with E-state index in [9.17, 15) is 4.79 Å². The summed E-state index contributed by atoms with van der Waals surface area (Å²) in [5.74, 6) is 2.13. The van der Waals surface area contributed by atoms with Crippen LogP contribution in [-0.4, -0.2) is 47.7 Å². The smallest absolute Gasteiger partial charge is 0.265 e. The molecule has 1 aliphatic heterocycles. The molecule has 0 saturated carbocycles. The predicted octanol–water partition coefficient (Wildman–Crippen LogP) is 1.44. The Labute approximate surface area is 110 Å². The Kier molecular flexibility index (Phi) is 4.82. The van der Waals surface area contributed by atoms with E-state index in [1.807, 2.05) is 16.7 Å². The Morgan fingerprint density at radius 2 is 2.35 bits per heavy atom. The lowest BCUT2D eigenvalue weighted by Crippen LogP contribution is -2.46. The minimum Gasteiger partial charge on any atom is -0.335 e. The van der Waals surface area contributed by atoms with Crippen LogP contribution in [-0.2, 0) is 5.75 Å². The molecule has 0 spiro atoms. The maximum atomic E-state index is 12.1. The number of nitrogens with zero attached hydrogens (tertiary/aromatic N) is 2. The van der Waals surface area contributed by atoms with Crippen molar-refractivity contribution in [3.8, 4) is 0 Å². The molecule has 1 aromatic heterocycles. The minimum absolute atomic E-state index is 0.136. The zero-order chi connectivity index (χ0) is 12.1. The zero-order valence-electron chi connectivity index (χ0n) is 9.94. The molecule has 0 aromatic carbocycles. The van der Waals surface area contributed by atoms with Gasteiger partial charge in [-0.3, -0.25) is 4.79 Å². The zero-order valence-corrected chi connectivity index (χ0v) is 11.6. The average molecular weight is 271 g/mol. The van der Waals surface area contributed by atoms with Crippen LogP contribution in [0.5, 0.6) is 0 Å². The highest BCUT2D eigenvalue weighted by Gasteiger charge is 2.19. The van der Waals surface area contributed by atoms with Crippen LogP contribution in [0.25, 0.3) is 0 Å². The molecule has 0 aliphatic carbocycles. The Balaban J connectivity index is 1.96. The van der Waals surface area contributed by atoms with Crippen LogP contribution in [0.3, 0.4) is 0 Å². The molecule has 17 heavy (non-hydrogen) atoms. The molecule has 0 unspecified atom stereocenters. The number of hydrogen-bond acceptors (Lipinski definition) is 5. The molecule has 1 fully saturated rings. The first-order valence-electron chi connectivity index (χ1n) is 5.83. The van der Waals surface area contributed by atoms with Crippen molar-refractivity contribution in [3.05, 3.63) is 16.1 Å². The van der Waals surface area contributed by atoms with Crippen molar-refractivity contribution >= 4 is 29.0 Å². The molecule has 1 saturated heterocycles. The number of amides is 1. The molecule has 2 rings (SSSR count). The van der Waals surface area contributed by atoms with E-state index >= 15 is 0 Å². The van der Waals surface area contributed by atoms with Gasteiger partial charge in [-0.1, -0.05) is 6.92 Å². The Bertz CT molecular complexity index is 375. The van der Waals surface area contributed by atoms with Gasteiger partial charge in [-0.2, -0.15) is 11.8 Å². The van der Waals surface area contributed by atoms with Crippen molar-refractivity contribution < 1.29 is 4.79 Å². The maximum absolute atomic E-state index is 12.1. The average Bonchev–Trinajstić information content (AvgIpc) is 2.85. The molecule has 1 N–H and O–H groups in total. The molecule has 1 aliphatic rings. The number of carbonyl (C=O) groups excluding carboxylic acids is 1. The Morgan fingerprint density at radius 3 is 3.06 bits per heavy atom. The number of aromatic nitrogens is 1. The second-order valence-corrected chi connectivity index (χ2v) is 6.19. The molecule has 94 valence electrons. The fraction of sp³-hybridized carbons (Fsp3) is 0.636. The monoisotopic (exact) mass is 271 g/mol. The van der Waals surface area contributed by atoms with Gasteiger partial charge in [0.25, 0.3) is 5.91 Å². The third kappa shape index (κ3) is 3.43. The van der Waals surface area contributed by atoms with E-state index in [0.29, 0.717) is 0 Å². The number of carbonyl (C=O) groups is 1. The summed E-state index contributed by atoms with van der Waals surface area (Å²) in [4.78, 5) is 19.1. The van der Waals surface area contributed by atoms with Crippen LogP contribution in [0.15, 0.2) is 6.20 Å². The molecule has 1 amide bonds. The van der Waals surface area contributed by atoms with Gasteiger partial charge in [0.2, 0.25) is 0 Å². The number of thioether (sulfide) groups is 1. The molecular formula is C11H17N3OS2. The van der Waals surface area contributed by atoms with Crippen LogP contribution in [0.1, 0.15) is 21.6 Å². The quantitative estimate of drug-likeness (QED) is 0.900. The van der Waals surface area contributed by atoms with Gasteiger partial charge in [-0.25, -0.2) is 4.98 Å². The minimum atomic E-state index is 0.136. The van der Waals surface area contributed by atoms with Gasteiger partial charge >= 0.3 is 0 Å². The first-order valence-corrected chi connectivity index (χ1v) is 7.81. The van der Waals surface area contributed by atoms with Gasteiger partial charge in [0.1, 0.15) is 9.88 Å². The second kappa shape index (κ2) is 6.37. The summed E-state index contributed by atoms with van der Waals surface area (Å²) in [7, 11) is 0. The van der Waals surface area contributed by atoms with Crippen LogP contribution >= 0.6 is 23.1 Å². The molecular weight excluding hydrogens is 254 g/mol. The summed E-state index contributed by atoms with van der Waals surface area (Å²) in [6.45, 7) is 5.52. The normalized spacial score (nSPS) is 16.2. The highest BCUT2D eigenvalue weighted by atomic mass is 32.2. The third-order valence-corrected chi connectivity index (χ3v) is 4.65. The van der Waals surface area contributed by atoms with Crippen LogP contribution in [0.2, 0.25) is 0 Å². The van der Waals surface area contributed by atoms with Crippen molar-refractivity contribution in [3.63, 3.8) is 0 Å². The van der Waals surface area contributed by atoms with Crippen molar-refractivity contribution in [2.24, 2.45) is 0 Å². The molecule has 0 bridgehead atoms. The van der Waals surface area contributed by atoms with E-state index in [-0.39, 0.29) is 5.91 Å². The van der Waals surface area contributed by atoms with Gasteiger partial charge < -0.3 is 10.2 Å². The lowest BCUT2D eigenvalue weighted by atomic mass is 10.3. The first kappa shape index (κ1) is 12.9. The maximum Gasteiger partial charge on any atom is 0.265 e. The number of piperazine rings is 1. The first-order chi connectivity index (χ1) is 8.31. The van der Waals surface area contributed by atoms with E-state index in [2.05, 4.69) is 17.2 Å². The topological polar surface area (TPSA) is 45.2 Å². The number of rotatable bonds is 4. The van der Waals surface area contributed by atoms with Crippen LogP contribution in [0.4, 0.5) is 0 Å². The molecule has 2 heterocycles. The van der Waals surface area contributed by atoms with Gasteiger partial charge in [0.05, 0.1) is 6.20 Å². The van der Waals surface area contributed by atoms with Crippen molar-refractivity contribution in [1.82, 2.24) is 15.2 Å². The molecule has 4 nitrogen and oxygen atoms in total. The van der Waals surface area contributed by atoms with Gasteiger partial charge in [0, 0.05) is 31.9 Å². The van der Waals surface area contributed by atoms with Gasteiger partial charge in [0.15, 0.2) is 0 Å². The summed E-state index contributed by atoms with van der Waals surface area (Å²) in [6.07, 6.45) is 1.72. The molecule has 6 heteroatoms. The van der Waals surface area contributed by atoms with Gasteiger partial charge in [-0.15, -0.1) is 11.3 Å². The second-order valence-electron chi connectivity index (χ2n) is 3.80. The fourth-order valence-electron chi connectivity index (χ4n) is 1.69. The van der Waals surface area contributed by atoms with Crippen molar-refractivity contribution in [1.29, 1.82) is 0 Å². The highest BCUT2D eigenvalue weighted by Crippen LogP contribution is 2.20. The standard InChI is InChI=1S/C11H17N3OS2/c1-2-16-8-10-13-7-9(17-10)11(15)14-5-3-12-4-6-14/h7,12H,2-6,8H2,1H3.